The molecule has 6 heteroatoms. The maximum Gasteiger partial charge on any atom is 0.155 e. The van der Waals surface area contributed by atoms with E-state index in [9.17, 15) is 8.42 Å². The molecule has 0 aromatic rings. The highest BCUT2D eigenvalue weighted by Crippen LogP contribution is 2.06. The molecule has 0 heterocycles. The first-order valence-electron chi connectivity index (χ1n) is 4.06. The van der Waals surface area contributed by atoms with Gasteiger partial charge in [0, 0.05) is 12.4 Å². The second-order valence-electron chi connectivity index (χ2n) is 2.73. The summed E-state index contributed by atoms with van der Waals surface area (Å²) in [5.74, 6) is 0.306. The van der Waals surface area contributed by atoms with Crippen LogP contribution < -0.4 is 5.73 Å². The van der Waals surface area contributed by atoms with Crippen LogP contribution in [-0.4, -0.2) is 31.8 Å². The third-order valence-electron chi connectivity index (χ3n) is 1.73. The molecule has 0 saturated carbocycles. The fourth-order valence-electron chi connectivity index (χ4n) is 0.818. The highest BCUT2D eigenvalue weighted by Gasteiger charge is 2.21. The zero-order chi connectivity index (χ0) is 9.61. The lowest BCUT2D eigenvalue weighted by Crippen LogP contribution is -2.33. The molecule has 3 nitrogen and oxygen atoms in total. The van der Waals surface area contributed by atoms with Crippen LogP contribution in [0.1, 0.15) is 19.8 Å². The van der Waals surface area contributed by atoms with E-state index in [-0.39, 0.29) is 35.2 Å². The minimum Gasteiger partial charge on any atom is -0.329 e. The molecular formula is C7H17BrClNO2S. The minimum atomic E-state index is -3.04. The van der Waals surface area contributed by atoms with Crippen molar-refractivity contribution in [2.45, 2.75) is 25.0 Å². The molecule has 0 aliphatic carbocycles. The zero-order valence-corrected chi connectivity index (χ0v) is 11.0. The van der Waals surface area contributed by atoms with Gasteiger partial charge in [0.25, 0.3) is 0 Å². The Morgan fingerprint density at radius 3 is 2.31 bits per heavy atom. The molecule has 0 aromatic heterocycles. The van der Waals surface area contributed by atoms with Crippen molar-refractivity contribution in [3.05, 3.63) is 0 Å². The van der Waals surface area contributed by atoms with Crippen molar-refractivity contribution in [3.63, 3.8) is 0 Å². The van der Waals surface area contributed by atoms with Gasteiger partial charge in [-0.05, 0) is 6.42 Å². The molecule has 0 saturated heterocycles. The van der Waals surface area contributed by atoms with E-state index in [2.05, 4.69) is 0 Å². The van der Waals surface area contributed by atoms with Gasteiger partial charge in [-0.3, -0.25) is 0 Å². The monoisotopic (exact) mass is 293 g/mol. The Bertz CT molecular complexity index is 205. The Hall–Kier alpha value is 0.680. The maximum atomic E-state index is 11.4. The first kappa shape index (κ1) is 16.1. The van der Waals surface area contributed by atoms with Crippen molar-refractivity contribution in [3.8, 4) is 0 Å². The quantitative estimate of drug-likeness (QED) is 0.752. The highest BCUT2D eigenvalue weighted by molar-refractivity contribution is 8.93. The standard InChI is InChI=1S/C7H16ClNO2S.BrH/c1-2-3-4-12(10,11)7(5-8)6-9;/h7H,2-6,9H2,1H3;1H. The highest BCUT2D eigenvalue weighted by atomic mass is 79.9. The van der Waals surface area contributed by atoms with E-state index in [1.165, 1.54) is 0 Å². The third kappa shape index (κ3) is 5.88. The normalized spacial score (nSPS) is 13.5. The molecule has 13 heavy (non-hydrogen) atoms. The average molecular weight is 295 g/mol. The van der Waals surface area contributed by atoms with Crippen LogP contribution in [0.25, 0.3) is 0 Å². The molecule has 2 N–H and O–H groups in total. The average Bonchev–Trinajstić information content (AvgIpc) is 2.03. The van der Waals surface area contributed by atoms with E-state index in [0.29, 0.717) is 6.42 Å². The number of rotatable bonds is 6. The lowest BCUT2D eigenvalue weighted by molar-refractivity contribution is 0.581. The lowest BCUT2D eigenvalue weighted by Gasteiger charge is -2.11. The third-order valence-corrected chi connectivity index (χ3v) is 4.51. The van der Waals surface area contributed by atoms with Crippen LogP contribution in [0.15, 0.2) is 0 Å². The second kappa shape index (κ2) is 8.03. The lowest BCUT2D eigenvalue weighted by atomic mass is 10.4. The molecule has 0 rings (SSSR count). The van der Waals surface area contributed by atoms with Gasteiger partial charge in [-0.1, -0.05) is 13.3 Å². The summed E-state index contributed by atoms with van der Waals surface area (Å²) in [4.78, 5) is 0. The number of sulfone groups is 1. The van der Waals surface area contributed by atoms with Crippen LogP contribution in [0, 0.1) is 0 Å². The van der Waals surface area contributed by atoms with Crippen LogP contribution >= 0.6 is 28.6 Å². The number of halogens is 2. The van der Waals surface area contributed by atoms with Gasteiger partial charge in [0.2, 0.25) is 0 Å². The minimum absolute atomic E-state index is 0. The van der Waals surface area contributed by atoms with Crippen LogP contribution in [0.3, 0.4) is 0 Å². The zero-order valence-electron chi connectivity index (χ0n) is 7.70. The van der Waals surface area contributed by atoms with Gasteiger partial charge in [-0.15, -0.1) is 28.6 Å². The first-order valence-corrected chi connectivity index (χ1v) is 6.31. The van der Waals surface area contributed by atoms with Gasteiger partial charge in [-0.25, -0.2) is 8.42 Å². The molecule has 0 aromatic carbocycles. The summed E-state index contributed by atoms with van der Waals surface area (Å²) < 4.78 is 22.8. The molecule has 0 spiro atoms. The van der Waals surface area contributed by atoms with E-state index in [1.807, 2.05) is 6.92 Å². The summed E-state index contributed by atoms with van der Waals surface area (Å²) in [7, 11) is -3.04. The molecular weight excluding hydrogens is 278 g/mol. The summed E-state index contributed by atoms with van der Waals surface area (Å²) in [5.41, 5.74) is 5.28. The Morgan fingerprint density at radius 2 is 2.00 bits per heavy atom. The molecule has 0 amide bonds. The number of hydrogen-bond donors (Lipinski definition) is 1. The number of hydrogen-bond acceptors (Lipinski definition) is 3. The van der Waals surface area contributed by atoms with E-state index >= 15 is 0 Å². The van der Waals surface area contributed by atoms with Crippen molar-refractivity contribution < 1.29 is 8.42 Å². The fourth-order valence-corrected chi connectivity index (χ4v) is 3.03. The smallest absolute Gasteiger partial charge is 0.155 e. The van der Waals surface area contributed by atoms with E-state index in [0.717, 1.165) is 6.42 Å². The SMILES string of the molecule is Br.CCCCS(=O)(=O)C(CN)CCl. The molecule has 0 bridgehead atoms. The molecule has 0 aliphatic rings. The maximum absolute atomic E-state index is 11.4. The Morgan fingerprint density at radius 1 is 1.46 bits per heavy atom. The Balaban J connectivity index is 0. The number of unbranched alkanes of at least 4 members (excludes halogenated alkanes) is 1. The molecule has 1 atom stereocenters. The summed E-state index contributed by atoms with van der Waals surface area (Å²) >= 11 is 5.47. The van der Waals surface area contributed by atoms with Crippen LogP contribution in [0.5, 0.6) is 0 Å². The van der Waals surface area contributed by atoms with Gasteiger partial charge in [0.1, 0.15) is 0 Å². The summed E-state index contributed by atoms with van der Waals surface area (Å²) in [6.07, 6.45) is 1.56. The molecule has 0 aliphatic heterocycles. The summed E-state index contributed by atoms with van der Waals surface area (Å²) in [6, 6.07) is 0. The molecule has 82 valence electrons. The van der Waals surface area contributed by atoms with Gasteiger partial charge in [-0.2, -0.15) is 0 Å². The number of alkyl halides is 1. The topological polar surface area (TPSA) is 60.2 Å². The summed E-state index contributed by atoms with van der Waals surface area (Å²) in [5, 5.41) is -0.564. The van der Waals surface area contributed by atoms with E-state index < -0.39 is 15.1 Å². The van der Waals surface area contributed by atoms with Gasteiger partial charge >= 0.3 is 0 Å². The van der Waals surface area contributed by atoms with Crippen LogP contribution in [0.2, 0.25) is 0 Å². The largest absolute Gasteiger partial charge is 0.329 e. The van der Waals surface area contributed by atoms with Gasteiger partial charge in [0.05, 0.1) is 11.0 Å². The van der Waals surface area contributed by atoms with Crippen LogP contribution in [-0.2, 0) is 9.84 Å². The molecule has 1 unspecified atom stereocenters. The van der Waals surface area contributed by atoms with E-state index in [4.69, 9.17) is 17.3 Å². The molecule has 0 radical (unpaired) electrons. The van der Waals surface area contributed by atoms with Crippen molar-refractivity contribution in [2.75, 3.05) is 18.2 Å². The predicted octanol–water partition coefficient (Wildman–Crippen LogP) is 1.35. The van der Waals surface area contributed by atoms with E-state index in [1.54, 1.807) is 0 Å². The Kier molecular flexibility index (Phi) is 9.96. The fraction of sp³-hybridized carbons (Fsp3) is 1.00. The van der Waals surface area contributed by atoms with Gasteiger partial charge in [0.15, 0.2) is 9.84 Å². The first-order chi connectivity index (χ1) is 5.58. The molecule has 0 fully saturated rings. The second-order valence-corrected chi connectivity index (χ2v) is 5.44. The number of nitrogens with two attached hydrogens (primary N) is 1. The van der Waals surface area contributed by atoms with Crippen molar-refractivity contribution in [1.29, 1.82) is 0 Å². The predicted molar refractivity (Wildman–Crippen MR) is 62.6 cm³/mol. The summed E-state index contributed by atoms with van der Waals surface area (Å²) in [6.45, 7) is 2.07. The van der Waals surface area contributed by atoms with Crippen molar-refractivity contribution in [2.24, 2.45) is 5.73 Å². The van der Waals surface area contributed by atoms with Crippen molar-refractivity contribution >= 4 is 38.4 Å². The van der Waals surface area contributed by atoms with Crippen LogP contribution in [0.4, 0.5) is 0 Å². The van der Waals surface area contributed by atoms with Gasteiger partial charge < -0.3 is 5.73 Å². The Labute approximate surface area is 95.7 Å². The van der Waals surface area contributed by atoms with Crippen molar-refractivity contribution in [1.82, 2.24) is 0 Å².